The summed E-state index contributed by atoms with van der Waals surface area (Å²) in [5, 5.41) is 12.5. The number of carbonyl (C=O) groups is 1. The van der Waals surface area contributed by atoms with Crippen LogP contribution in [-0.4, -0.2) is 67.8 Å². The lowest BCUT2D eigenvalue weighted by molar-refractivity contribution is -0.130. The molecule has 1 saturated heterocycles. The Morgan fingerprint density at radius 2 is 1.88 bits per heavy atom. The van der Waals surface area contributed by atoms with Crippen LogP contribution in [0.2, 0.25) is 0 Å². The van der Waals surface area contributed by atoms with Crippen molar-refractivity contribution in [2.75, 3.05) is 31.9 Å². The Morgan fingerprint density at radius 1 is 1.15 bits per heavy atom. The Labute approximate surface area is 158 Å². The zero-order valence-corrected chi connectivity index (χ0v) is 16.2. The predicted molar refractivity (Wildman–Crippen MR) is 102 cm³/mol. The molecule has 1 amide bonds. The van der Waals surface area contributed by atoms with Crippen LogP contribution in [0.5, 0.6) is 0 Å². The molecule has 2 heterocycles. The molecule has 0 bridgehead atoms. The lowest BCUT2D eigenvalue weighted by atomic mass is 10.2. The van der Waals surface area contributed by atoms with Gasteiger partial charge in [0.2, 0.25) is 11.1 Å². The van der Waals surface area contributed by atoms with Crippen molar-refractivity contribution in [3.63, 3.8) is 0 Å². The summed E-state index contributed by atoms with van der Waals surface area (Å²) in [4.78, 5) is 16.8. The Hall–Kier alpha value is -1.93. The molecule has 1 fully saturated rings. The molecule has 0 atom stereocenters. The van der Waals surface area contributed by atoms with E-state index in [1.807, 2.05) is 11.0 Å². The Morgan fingerprint density at radius 3 is 2.58 bits per heavy atom. The van der Waals surface area contributed by atoms with Crippen LogP contribution in [0.15, 0.2) is 35.5 Å². The number of rotatable bonds is 7. The second-order valence-corrected chi connectivity index (χ2v) is 7.91. The fourth-order valence-electron chi connectivity index (χ4n) is 2.97. The molecular weight excluding hydrogens is 348 g/mol. The highest BCUT2D eigenvalue weighted by Crippen LogP contribution is 2.16. The van der Waals surface area contributed by atoms with Crippen molar-refractivity contribution >= 4 is 17.7 Å². The van der Waals surface area contributed by atoms with Gasteiger partial charge < -0.3 is 4.90 Å². The number of hydrogen-bond acceptors (Lipinski definition) is 6. The molecule has 0 spiro atoms. The van der Waals surface area contributed by atoms with Crippen LogP contribution in [0.4, 0.5) is 0 Å². The van der Waals surface area contributed by atoms with Crippen molar-refractivity contribution in [3.05, 3.63) is 35.9 Å². The van der Waals surface area contributed by atoms with Gasteiger partial charge in [-0.1, -0.05) is 55.9 Å². The van der Waals surface area contributed by atoms with Crippen LogP contribution in [-0.2, 0) is 17.9 Å². The number of carbonyl (C=O) groups excluding carboxylic acids is 1. The van der Waals surface area contributed by atoms with Gasteiger partial charge in [0.15, 0.2) is 0 Å². The van der Waals surface area contributed by atoms with Crippen molar-refractivity contribution in [1.82, 2.24) is 30.0 Å². The maximum absolute atomic E-state index is 12.5. The molecule has 1 aromatic carbocycles. The van der Waals surface area contributed by atoms with E-state index in [-0.39, 0.29) is 5.91 Å². The van der Waals surface area contributed by atoms with Crippen LogP contribution in [0.25, 0.3) is 0 Å². The van der Waals surface area contributed by atoms with Gasteiger partial charge in [0.1, 0.15) is 0 Å². The summed E-state index contributed by atoms with van der Waals surface area (Å²) in [6, 6.07) is 10.5. The molecule has 140 valence electrons. The van der Waals surface area contributed by atoms with E-state index in [0.717, 1.165) is 44.4 Å². The van der Waals surface area contributed by atoms with Crippen molar-refractivity contribution in [1.29, 1.82) is 0 Å². The lowest BCUT2D eigenvalue weighted by Gasteiger charge is -2.34. The van der Waals surface area contributed by atoms with Crippen molar-refractivity contribution in [2.24, 2.45) is 5.92 Å². The second kappa shape index (κ2) is 9.14. The van der Waals surface area contributed by atoms with E-state index in [1.165, 1.54) is 17.3 Å². The number of amides is 1. The first kappa shape index (κ1) is 18.8. The third-order valence-corrected chi connectivity index (χ3v) is 5.28. The summed E-state index contributed by atoms with van der Waals surface area (Å²) in [6.07, 6.45) is 0. The topological polar surface area (TPSA) is 67.2 Å². The number of hydrogen-bond donors (Lipinski definition) is 0. The summed E-state index contributed by atoms with van der Waals surface area (Å²) in [7, 11) is 0. The first-order valence-electron chi connectivity index (χ1n) is 9.05. The molecule has 0 radical (unpaired) electrons. The van der Waals surface area contributed by atoms with Gasteiger partial charge in [0.25, 0.3) is 0 Å². The fourth-order valence-corrected chi connectivity index (χ4v) is 3.76. The summed E-state index contributed by atoms with van der Waals surface area (Å²) in [6.45, 7) is 9.34. The monoisotopic (exact) mass is 374 g/mol. The van der Waals surface area contributed by atoms with Crippen molar-refractivity contribution < 1.29 is 4.79 Å². The van der Waals surface area contributed by atoms with Crippen molar-refractivity contribution in [2.45, 2.75) is 32.1 Å². The third-order valence-electron chi connectivity index (χ3n) is 4.34. The summed E-state index contributed by atoms with van der Waals surface area (Å²) >= 11 is 1.42. The number of tetrazole rings is 1. The van der Waals surface area contributed by atoms with Crippen LogP contribution in [0, 0.1) is 5.92 Å². The van der Waals surface area contributed by atoms with Gasteiger partial charge in [-0.3, -0.25) is 9.69 Å². The van der Waals surface area contributed by atoms with Crippen LogP contribution in [0.3, 0.4) is 0 Å². The van der Waals surface area contributed by atoms with Crippen LogP contribution < -0.4 is 0 Å². The predicted octanol–water partition coefficient (Wildman–Crippen LogP) is 1.77. The molecule has 0 saturated carbocycles. The van der Waals surface area contributed by atoms with E-state index in [2.05, 4.69) is 58.5 Å². The quantitative estimate of drug-likeness (QED) is 0.688. The normalized spacial score (nSPS) is 15.6. The number of thioether (sulfide) groups is 1. The summed E-state index contributed by atoms with van der Waals surface area (Å²) in [5.74, 6) is 1.01. The average Bonchev–Trinajstić information content (AvgIpc) is 3.07. The van der Waals surface area contributed by atoms with Crippen LogP contribution >= 0.6 is 11.8 Å². The molecule has 0 N–H and O–H groups in total. The van der Waals surface area contributed by atoms with E-state index < -0.39 is 0 Å². The molecule has 8 heteroatoms. The van der Waals surface area contributed by atoms with E-state index in [9.17, 15) is 4.79 Å². The molecule has 1 aliphatic rings. The SMILES string of the molecule is CC(C)Cn1nnnc1SCC(=O)N1CCN(Cc2ccccc2)CC1. The molecule has 3 rings (SSSR count). The molecule has 1 aliphatic heterocycles. The molecule has 7 nitrogen and oxygen atoms in total. The van der Waals surface area contributed by atoms with E-state index in [1.54, 1.807) is 4.68 Å². The maximum atomic E-state index is 12.5. The standard InChI is InChI=1S/C18H26N6OS/c1-15(2)12-24-18(19-20-21-24)26-14-17(25)23-10-8-22(9-11-23)13-16-6-4-3-5-7-16/h3-7,15H,8-14H2,1-2H3. The number of benzene rings is 1. The Balaban J connectivity index is 1.43. The zero-order chi connectivity index (χ0) is 18.4. The summed E-state index contributed by atoms with van der Waals surface area (Å²) in [5.41, 5.74) is 1.32. The summed E-state index contributed by atoms with van der Waals surface area (Å²) < 4.78 is 1.78. The minimum Gasteiger partial charge on any atom is -0.339 e. The average molecular weight is 375 g/mol. The van der Waals surface area contributed by atoms with Crippen LogP contribution in [0.1, 0.15) is 19.4 Å². The van der Waals surface area contributed by atoms with Gasteiger partial charge in [0.05, 0.1) is 5.75 Å². The first-order chi connectivity index (χ1) is 12.6. The molecular formula is C18H26N6OS. The van der Waals surface area contributed by atoms with E-state index in [4.69, 9.17) is 0 Å². The van der Waals surface area contributed by atoms with Gasteiger partial charge in [-0.25, -0.2) is 4.68 Å². The third kappa shape index (κ3) is 5.28. The Bertz CT molecular complexity index is 697. The first-order valence-corrected chi connectivity index (χ1v) is 10.0. The highest BCUT2D eigenvalue weighted by molar-refractivity contribution is 7.99. The highest BCUT2D eigenvalue weighted by Gasteiger charge is 2.22. The van der Waals surface area contributed by atoms with E-state index in [0.29, 0.717) is 11.7 Å². The zero-order valence-electron chi connectivity index (χ0n) is 15.4. The van der Waals surface area contributed by atoms with Gasteiger partial charge in [-0.15, -0.1) is 5.10 Å². The van der Waals surface area contributed by atoms with Gasteiger partial charge in [-0.05, 0) is 21.9 Å². The van der Waals surface area contributed by atoms with Crippen molar-refractivity contribution in [3.8, 4) is 0 Å². The molecule has 0 unspecified atom stereocenters. The highest BCUT2D eigenvalue weighted by atomic mass is 32.2. The molecule has 2 aromatic rings. The lowest BCUT2D eigenvalue weighted by Crippen LogP contribution is -2.48. The minimum atomic E-state index is 0.161. The molecule has 1 aromatic heterocycles. The largest absolute Gasteiger partial charge is 0.339 e. The fraction of sp³-hybridized carbons (Fsp3) is 0.556. The van der Waals surface area contributed by atoms with Gasteiger partial charge in [-0.2, -0.15) is 0 Å². The van der Waals surface area contributed by atoms with Gasteiger partial charge in [0, 0.05) is 39.3 Å². The van der Waals surface area contributed by atoms with Gasteiger partial charge >= 0.3 is 0 Å². The molecule has 0 aliphatic carbocycles. The minimum absolute atomic E-state index is 0.161. The smallest absolute Gasteiger partial charge is 0.233 e. The second-order valence-electron chi connectivity index (χ2n) is 6.97. The maximum Gasteiger partial charge on any atom is 0.233 e. The molecule has 26 heavy (non-hydrogen) atoms. The number of piperazine rings is 1. The van der Waals surface area contributed by atoms with E-state index >= 15 is 0 Å². The number of aromatic nitrogens is 4. The number of nitrogens with zero attached hydrogens (tertiary/aromatic N) is 6. The Kier molecular flexibility index (Phi) is 6.62.